The van der Waals surface area contributed by atoms with E-state index in [1.807, 2.05) is 13.8 Å². The van der Waals surface area contributed by atoms with Crippen molar-refractivity contribution in [2.24, 2.45) is 0 Å². The van der Waals surface area contributed by atoms with Gasteiger partial charge in [0, 0.05) is 12.1 Å². The molecule has 2 N–H and O–H groups in total. The third-order valence-electron chi connectivity index (χ3n) is 2.37. The number of thioether (sulfide) groups is 1. The highest BCUT2D eigenvalue weighted by Crippen LogP contribution is 2.14. The molecule has 0 aliphatic carbocycles. The number of rotatable bonds is 5. The standard InChI is InChI=1S/C10H18N2O3S/c1-10(2,3-4-13)11-8(14)5-12-7-16-6-9(12)15/h13H,3-7H2,1-2H3,(H,11,14). The maximum absolute atomic E-state index is 11.6. The first-order chi connectivity index (χ1) is 7.44. The highest BCUT2D eigenvalue weighted by Gasteiger charge is 2.25. The molecule has 6 heteroatoms. The number of aliphatic hydroxyl groups excluding tert-OH is 1. The van der Waals surface area contributed by atoms with Crippen molar-refractivity contribution >= 4 is 23.6 Å². The molecule has 5 nitrogen and oxygen atoms in total. The van der Waals surface area contributed by atoms with Gasteiger partial charge in [0.25, 0.3) is 0 Å². The summed E-state index contributed by atoms with van der Waals surface area (Å²) in [6.07, 6.45) is 0.501. The summed E-state index contributed by atoms with van der Waals surface area (Å²) in [4.78, 5) is 24.5. The topological polar surface area (TPSA) is 69.6 Å². The van der Waals surface area contributed by atoms with Crippen molar-refractivity contribution in [3.63, 3.8) is 0 Å². The Morgan fingerprint density at radius 1 is 1.62 bits per heavy atom. The van der Waals surface area contributed by atoms with E-state index in [1.165, 1.54) is 16.7 Å². The van der Waals surface area contributed by atoms with Gasteiger partial charge in [0.1, 0.15) is 6.54 Å². The maximum Gasteiger partial charge on any atom is 0.240 e. The van der Waals surface area contributed by atoms with Gasteiger partial charge in [-0.3, -0.25) is 9.59 Å². The van der Waals surface area contributed by atoms with Gasteiger partial charge in [0.15, 0.2) is 0 Å². The number of nitrogens with one attached hydrogen (secondary N) is 1. The lowest BCUT2D eigenvalue weighted by atomic mass is 10.0. The van der Waals surface area contributed by atoms with E-state index >= 15 is 0 Å². The Labute approximate surface area is 99.6 Å². The van der Waals surface area contributed by atoms with Crippen molar-refractivity contribution in [3.05, 3.63) is 0 Å². The van der Waals surface area contributed by atoms with Crippen LogP contribution in [-0.2, 0) is 9.59 Å². The SMILES string of the molecule is CC(C)(CCO)NC(=O)CN1CSCC1=O. The summed E-state index contributed by atoms with van der Waals surface area (Å²) in [5, 5.41) is 11.6. The molecule has 0 bridgehead atoms. The molecule has 1 aliphatic heterocycles. The summed E-state index contributed by atoms with van der Waals surface area (Å²) in [5.41, 5.74) is -0.429. The van der Waals surface area contributed by atoms with Gasteiger partial charge in [-0.15, -0.1) is 11.8 Å². The fraction of sp³-hybridized carbons (Fsp3) is 0.800. The van der Waals surface area contributed by atoms with E-state index in [-0.39, 0.29) is 25.0 Å². The van der Waals surface area contributed by atoms with E-state index in [4.69, 9.17) is 5.11 Å². The number of aliphatic hydroxyl groups is 1. The molecule has 0 aromatic carbocycles. The molecule has 2 amide bonds. The molecule has 1 heterocycles. The zero-order valence-electron chi connectivity index (χ0n) is 9.65. The molecule has 92 valence electrons. The molecule has 0 unspecified atom stereocenters. The number of hydrogen-bond donors (Lipinski definition) is 2. The van der Waals surface area contributed by atoms with Crippen molar-refractivity contribution in [1.82, 2.24) is 10.2 Å². The van der Waals surface area contributed by atoms with E-state index in [9.17, 15) is 9.59 Å². The normalized spacial score (nSPS) is 16.7. The molecule has 0 saturated carbocycles. The maximum atomic E-state index is 11.6. The van der Waals surface area contributed by atoms with Gasteiger partial charge in [0.2, 0.25) is 11.8 Å². The van der Waals surface area contributed by atoms with Gasteiger partial charge >= 0.3 is 0 Å². The average Bonchev–Trinajstić information content (AvgIpc) is 2.50. The fourth-order valence-corrected chi connectivity index (χ4v) is 2.38. The van der Waals surface area contributed by atoms with Crippen LogP contribution in [0, 0.1) is 0 Å². The second-order valence-corrected chi connectivity index (χ2v) is 5.43. The fourth-order valence-electron chi connectivity index (χ4n) is 1.47. The quantitative estimate of drug-likeness (QED) is 0.704. The number of nitrogens with zero attached hydrogens (tertiary/aromatic N) is 1. The number of carbonyl (C=O) groups is 2. The van der Waals surface area contributed by atoms with Gasteiger partial charge in [-0.05, 0) is 20.3 Å². The Morgan fingerprint density at radius 2 is 2.31 bits per heavy atom. The highest BCUT2D eigenvalue weighted by molar-refractivity contribution is 8.00. The smallest absolute Gasteiger partial charge is 0.240 e. The van der Waals surface area contributed by atoms with Crippen molar-refractivity contribution < 1.29 is 14.7 Å². The summed E-state index contributed by atoms with van der Waals surface area (Å²) < 4.78 is 0. The first kappa shape index (κ1) is 13.3. The third-order valence-corrected chi connectivity index (χ3v) is 3.32. The van der Waals surface area contributed by atoms with Crippen LogP contribution in [0.5, 0.6) is 0 Å². The summed E-state index contributed by atoms with van der Waals surface area (Å²) in [6, 6.07) is 0. The van der Waals surface area contributed by atoms with Gasteiger partial charge < -0.3 is 15.3 Å². The van der Waals surface area contributed by atoms with E-state index in [1.54, 1.807) is 0 Å². The van der Waals surface area contributed by atoms with Crippen LogP contribution in [0.3, 0.4) is 0 Å². The zero-order chi connectivity index (χ0) is 12.2. The molecule has 1 fully saturated rings. The average molecular weight is 246 g/mol. The zero-order valence-corrected chi connectivity index (χ0v) is 10.5. The first-order valence-corrected chi connectivity index (χ1v) is 6.37. The van der Waals surface area contributed by atoms with Crippen LogP contribution in [0.15, 0.2) is 0 Å². The molecule has 1 saturated heterocycles. The van der Waals surface area contributed by atoms with Gasteiger partial charge in [0.05, 0.1) is 11.6 Å². The van der Waals surface area contributed by atoms with Crippen molar-refractivity contribution in [3.8, 4) is 0 Å². The van der Waals surface area contributed by atoms with E-state index in [2.05, 4.69) is 5.32 Å². The Morgan fingerprint density at radius 3 is 2.81 bits per heavy atom. The number of amides is 2. The molecular formula is C10H18N2O3S. The van der Waals surface area contributed by atoms with E-state index in [0.29, 0.717) is 18.1 Å². The summed E-state index contributed by atoms with van der Waals surface area (Å²) in [7, 11) is 0. The molecule has 16 heavy (non-hydrogen) atoms. The lowest BCUT2D eigenvalue weighted by Crippen LogP contribution is -2.48. The summed E-state index contributed by atoms with van der Waals surface area (Å²) in [5.74, 6) is 0.898. The highest BCUT2D eigenvalue weighted by atomic mass is 32.2. The van der Waals surface area contributed by atoms with Crippen LogP contribution in [-0.4, -0.2) is 52.1 Å². The van der Waals surface area contributed by atoms with Gasteiger partial charge in [-0.25, -0.2) is 0 Å². The van der Waals surface area contributed by atoms with Gasteiger partial charge in [-0.2, -0.15) is 0 Å². The minimum absolute atomic E-state index is 0.0140. The number of hydrogen-bond acceptors (Lipinski definition) is 4. The molecular weight excluding hydrogens is 228 g/mol. The van der Waals surface area contributed by atoms with Crippen molar-refractivity contribution in [2.75, 3.05) is 24.8 Å². The Kier molecular flexibility index (Phi) is 4.61. The van der Waals surface area contributed by atoms with Crippen molar-refractivity contribution in [1.29, 1.82) is 0 Å². The predicted molar refractivity (Wildman–Crippen MR) is 63.0 cm³/mol. The Bertz CT molecular complexity index is 281. The first-order valence-electron chi connectivity index (χ1n) is 5.22. The largest absolute Gasteiger partial charge is 0.396 e. The van der Waals surface area contributed by atoms with E-state index in [0.717, 1.165) is 0 Å². The molecule has 1 rings (SSSR count). The molecule has 0 radical (unpaired) electrons. The van der Waals surface area contributed by atoms with Crippen LogP contribution in [0.1, 0.15) is 20.3 Å². The van der Waals surface area contributed by atoms with Crippen LogP contribution < -0.4 is 5.32 Å². The van der Waals surface area contributed by atoms with Gasteiger partial charge in [-0.1, -0.05) is 0 Å². The lowest BCUT2D eigenvalue weighted by molar-refractivity contribution is -0.133. The molecule has 0 atom stereocenters. The van der Waals surface area contributed by atoms with Crippen LogP contribution in [0.25, 0.3) is 0 Å². The van der Waals surface area contributed by atoms with Crippen molar-refractivity contribution in [2.45, 2.75) is 25.8 Å². The molecule has 0 aromatic heterocycles. The number of carbonyl (C=O) groups excluding carboxylic acids is 2. The Hall–Kier alpha value is -0.750. The minimum atomic E-state index is -0.429. The van der Waals surface area contributed by atoms with Crippen LogP contribution in [0.4, 0.5) is 0 Å². The second kappa shape index (κ2) is 5.54. The molecule has 1 aliphatic rings. The Balaban J connectivity index is 2.38. The third kappa shape index (κ3) is 4.02. The molecule has 0 aromatic rings. The summed E-state index contributed by atoms with van der Waals surface area (Å²) in [6.45, 7) is 3.84. The van der Waals surface area contributed by atoms with Crippen LogP contribution >= 0.6 is 11.8 Å². The molecule has 0 spiro atoms. The minimum Gasteiger partial charge on any atom is -0.396 e. The monoisotopic (exact) mass is 246 g/mol. The van der Waals surface area contributed by atoms with E-state index < -0.39 is 5.54 Å². The summed E-state index contributed by atoms with van der Waals surface area (Å²) >= 11 is 1.52. The lowest BCUT2D eigenvalue weighted by Gasteiger charge is -2.26. The van der Waals surface area contributed by atoms with Crippen LogP contribution in [0.2, 0.25) is 0 Å². The second-order valence-electron chi connectivity index (χ2n) is 4.47. The predicted octanol–water partition coefficient (Wildman–Crippen LogP) is -0.203.